The van der Waals surface area contributed by atoms with Crippen molar-refractivity contribution in [2.45, 2.75) is 12.8 Å². The highest BCUT2D eigenvalue weighted by Crippen LogP contribution is 2.26. The van der Waals surface area contributed by atoms with Crippen LogP contribution in [0.2, 0.25) is 5.02 Å². The van der Waals surface area contributed by atoms with Crippen molar-refractivity contribution < 1.29 is 9.53 Å². The fourth-order valence-electron chi connectivity index (χ4n) is 4.86. The predicted octanol–water partition coefficient (Wildman–Crippen LogP) is 4.37. The maximum Gasteiger partial charge on any atom is 0.225 e. The highest BCUT2D eigenvalue weighted by molar-refractivity contribution is 6.30. The van der Waals surface area contributed by atoms with Crippen LogP contribution in [-0.2, 0) is 4.79 Å². The van der Waals surface area contributed by atoms with Crippen molar-refractivity contribution in [1.82, 2.24) is 15.1 Å². The van der Waals surface area contributed by atoms with Gasteiger partial charge in [0.25, 0.3) is 0 Å². The van der Waals surface area contributed by atoms with Gasteiger partial charge in [-0.1, -0.05) is 23.7 Å². The number of carbonyl (C=O) groups excluding carboxylic acids is 1. The minimum Gasteiger partial charge on any atom is -0.497 e. The molecule has 1 amide bonds. The highest BCUT2D eigenvalue weighted by atomic mass is 35.5. The van der Waals surface area contributed by atoms with Gasteiger partial charge in [0, 0.05) is 61.5 Å². The summed E-state index contributed by atoms with van der Waals surface area (Å²) in [6.07, 6.45) is 1.69. The van der Waals surface area contributed by atoms with Crippen LogP contribution in [0.1, 0.15) is 12.8 Å². The Labute approximate surface area is 211 Å². The van der Waals surface area contributed by atoms with Gasteiger partial charge in [0.15, 0.2) is 5.82 Å². The van der Waals surface area contributed by atoms with Gasteiger partial charge in [-0.3, -0.25) is 4.79 Å². The van der Waals surface area contributed by atoms with Crippen LogP contribution in [0.5, 0.6) is 5.75 Å². The van der Waals surface area contributed by atoms with Crippen LogP contribution in [0.15, 0.2) is 60.7 Å². The number of halogens is 1. The van der Waals surface area contributed by atoms with Crippen molar-refractivity contribution in [2.75, 3.05) is 56.2 Å². The Kier molecular flexibility index (Phi) is 7.04. The predicted molar refractivity (Wildman–Crippen MR) is 139 cm³/mol. The monoisotopic (exact) mass is 491 g/mol. The molecule has 3 aromatic rings. The molecule has 8 heteroatoms. The van der Waals surface area contributed by atoms with Crippen molar-refractivity contribution in [3.05, 3.63) is 65.7 Å². The van der Waals surface area contributed by atoms with Crippen LogP contribution in [0.25, 0.3) is 11.3 Å². The number of ether oxygens (including phenoxy) is 1. The van der Waals surface area contributed by atoms with Gasteiger partial charge in [-0.25, -0.2) is 0 Å². The second-order valence-electron chi connectivity index (χ2n) is 9.06. The number of rotatable bonds is 5. The van der Waals surface area contributed by atoms with Crippen molar-refractivity contribution in [3.8, 4) is 17.0 Å². The molecular weight excluding hydrogens is 462 g/mol. The Bertz CT molecular complexity index is 1120. The van der Waals surface area contributed by atoms with Crippen LogP contribution < -0.4 is 14.5 Å². The van der Waals surface area contributed by atoms with E-state index in [-0.39, 0.29) is 5.92 Å². The molecular formula is C27H30ClN5O2. The largest absolute Gasteiger partial charge is 0.497 e. The number of piperidine rings is 1. The molecule has 2 fully saturated rings. The lowest BCUT2D eigenvalue weighted by molar-refractivity contribution is -0.136. The fraction of sp³-hybridized carbons (Fsp3) is 0.370. The fourth-order valence-corrected chi connectivity index (χ4v) is 4.99. The molecule has 2 saturated heterocycles. The summed E-state index contributed by atoms with van der Waals surface area (Å²) in [7, 11) is 1.68. The number of nitrogens with zero attached hydrogens (tertiary/aromatic N) is 5. The number of methoxy groups -OCH3 is 1. The van der Waals surface area contributed by atoms with Crippen LogP contribution >= 0.6 is 11.6 Å². The number of piperazine rings is 1. The molecule has 5 rings (SSSR count). The summed E-state index contributed by atoms with van der Waals surface area (Å²) >= 11 is 5.97. The maximum atomic E-state index is 13.2. The van der Waals surface area contributed by atoms with Crippen molar-refractivity contribution in [3.63, 3.8) is 0 Å². The van der Waals surface area contributed by atoms with E-state index in [0.717, 1.165) is 74.9 Å². The molecule has 0 bridgehead atoms. The van der Waals surface area contributed by atoms with E-state index < -0.39 is 0 Å². The summed E-state index contributed by atoms with van der Waals surface area (Å²) in [6.45, 7) is 4.87. The van der Waals surface area contributed by atoms with Crippen LogP contribution in [0, 0.1) is 5.92 Å². The van der Waals surface area contributed by atoms with Gasteiger partial charge in [0.1, 0.15) is 5.75 Å². The number of hydrogen-bond donors (Lipinski definition) is 0. The zero-order chi connectivity index (χ0) is 24.2. The topological polar surface area (TPSA) is 61.8 Å². The Morgan fingerprint density at radius 2 is 1.51 bits per heavy atom. The molecule has 0 radical (unpaired) electrons. The first-order chi connectivity index (χ1) is 17.1. The van der Waals surface area contributed by atoms with Gasteiger partial charge >= 0.3 is 0 Å². The molecule has 0 N–H and O–H groups in total. The molecule has 35 heavy (non-hydrogen) atoms. The van der Waals surface area contributed by atoms with Gasteiger partial charge in [0.05, 0.1) is 12.8 Å². The lowest BCUT2D eigenvalue weighted by Crippen LogP contribution is -2.51. The normalized spacial score (nSPS) is 16.9. The minimum absolute atomic E-state index is 0.0834. The van der Waals surface area contributed by atoms with E-state index >= 15 is 0 Å². The maximum absolute atomic E-state index is 13.2. The molecule has 0 aliphatic carbocycles. The Morgan fingerprint density at radius 3 is 2.11 bits per heavy atom. The van der Waals surface area contributed by atoms with Gasteiger partial charge in [-0.2, -0.15) is 0 Å². The summed E-state index contributed by atoms with van der Waals surface area (Å²) in [5, 5.41) is 9.55. The van der Waals surface area contributed by atoms with Gasteiger partial charge < -0.3 is 19.4 Å². The second-order valence-corrected chi connectivity index (χ2v) is 9.49. The van der Waals surface area contributed by atoms with E-state index in [9.17, 15) is 4.79 Å². The van der Waals surface area contributed by atoms with E-state index in [2.05, 4.69) is 32.1 Å². The number of hydrogen-bond acceptors (Lipinski definition) is 6. The molecule has 3 heterocycles. The summed E-state index contributed by atoms with van der Waals surface area (Å²) in [5.41, 5.74) is 2.99. The first kappa shape index (κ1) is 23.4. The smallest absolute Gasteiger partial charge is 0.225 e. The third-order valence-electron chi connectivity index (χ3n) is 6.99. The minimum atomic E-state index is 0.0834. The number of carbonyl (C=O) groups is 1. The van der Waals surface area contributed by atoms with E-state index in [1.165, 1.54) is 5.69 Å². The van der Waals surface area contributed by atoms with Gasteiger partial charge in [-0.05, 0) is 61.4 Å². The summed E-state index contributed by atoms with van der Waals surface area (Å²) in [6, 6.07) is 19.7. The molecule has 0 spiro atoms. The Hall–Kier alpha value is -3.32. The number of anilines is 2. The van der Waals surface area contributed by atoms with Crippen LogP contribution in [0.4, 0.5) is 11.5 Å². The average molecular weight is 492 g/mol. The van der Waals surface area contributed by atoms with Crippen LogP contribution in [0.3, 0.4) is 0 Å². The SMILES string of the molecule is COc1ccc(N2CCN(C(=O)C3CCN(c4ccc(-c5ccc(Cl)cc5)nn4)CC3)CC2)cc1. The van der Waals surface area contributed by atoms with Crippen molar-refractivity contribution in [1.29, 1.82) is 0 Å². The molecule has 0 unspecified atom stereocenters. The Morgan fingerprint density at radius 1 is 0.829 bits per heavy atom. The zero-order valence-corrected chi connectivity index (χ0v) is 20.7. The molecule has 0 atom stereocenters. The first-order valence-corrected chi connectivity index (χ1v) is 12.5. The molecule has 2 aliphatic heterocycles. The standard InChI is InChI=1S/C27H30ClN5O2/c1-35-24-8-6-23(7-9-24)31-16-18-33(19-17-31)27(34)21-12-14-32(15-13-21)26-11-10-25(29-30-26)20-2-4-22(28)5-3-20/h2-11,21H,12-19H2,1H3. The average Bonchev–Trinajstić information content (AvgIpc) is 2.93. The highest BCUT2D eigenvalue weighted by Gasteiger charge is 2.31. The van der Waals surface area contributed by atoms with Crippen LogP contribution in [-0.4, -0.2) is 67.4 Å². The molecule has 0 saturated carbocycles. The van der Waals surface area contributed by atoms with E-state index in [4.69, 9.17) is 16.3 Å². The molecule has 2 aliphatic rings. The summed E-state index contributed by atoms with van der Waals surface area (Å²) in [4.78, 5) is 19.8. The lowest BCUT2D eigenvalue weighted by Gasteiger charge is -2.39. The zero-order valence-electron chi connectivity index (χ0n) is 19.9. The first-order valence-electron chi connectivity index (χ1n) is 12.1. The second kappa shape index (κ2) is 10.5. The third kappa shape index (κ3) is 5.35. The number of aromatic nitrogens is 2. The number of amides is 1. The molecule has 7 nitrogen and oxygen atoms in total. The van der Waals surface area contributed by atoms with Crippen molar-refractivity contribution >= 4 is 29.0 Å². The van der Waals surface area contributed by atoms with Gasteiger partial charge in [-0.15, -0.1) is 10.2 Å². The van der Waals surface area contributed by atoms with Gasteiger partial charge in [0.2, 0.25) is 5.91 Å². The van der Waals surface area contributed by atoms with E-state index in [0.29, 0.717) is 10.9 Å². The Balaban J connectivity index is 1.11. The van der Waals surface area contributed by atoms with Crippen molar-refractivity contribution in [2.24, 2.45) is 5.92 Å². The lowest BCUT2D eigenvalue weighted by atomic mass is 9.95. The van der Waals surface area contributed by atoms with E-state index in [1.807, 2.05) is 53.4 Å². The molecule has 2 aromatic carbocycles. The quantitative estimate of drug-likeness (QED) is 0.528. The van der Waals surface area contributed by atoms with E-state index in [1.54, 1.807) is 7.11 Å². The number of benzene rings is 2. The summed E-state index contributed by atoms with van der Waals surface area (Å²) < 4.78 is 5.25. The molecule has 182 valence electrons. The summed E-state index contributed by atoms with van der Waals surface area (Å²) in [5.74, 6) is 2.10. The molecule has 1 aromatic heterocycles. The third-order valence-corrected chi connectivity index (χ3v) is 7.24.